The van der Waals surface area contributed by atoms with E-state index in [9.17, 15) is 0 Å². The van der Waals surface area contributed by atoms with Crippen molar-refractivity contribution in [3.8, 4) is 11.1 Å². The van der Waals surface area contributed by atoms with Crippen molar-refractivity contribution in [2.24, 2.45) is 0 Å². The molecule has 4 heteroatoms. The number of nitrogens with zero attached hydrogens (tertiary/aromatic N) is 2. The van der Waals surface area contributed by atoms with E-state index in [0.29, 0.717) is 0 Å². The molecule has 0 atom stereocenters. The number of rotatable bonds is 2. The van der Waals surface area contributed by atoms with Gasteiger partial charge in [0.2, 0.25) is 0 Å². The molecule has 1 aliphatic rings. The van der Waals surface area contributed by atoms with Gasteiger partial charge in [0.25, 0.3) is 0 Å². The second kappa shape index (κ2) is 6.42. The first-order valence-electron chi connectivity index (χ1n) is 11.3. The average molecular weight is 427 g/mol. The smallest absolute Gasteiger partial charge is 0.104 e. The standard InChI is InChI=1S/C29H22N4/c1-17-30-25-13-11-19(15-27(25)32-17)29(20-12-14-26-28(16-20)33-18(2)31-26)23-9-5-3-7-21(23)22-8-4-6-10-24(22)29/h3-16H,1-2H3,(H,30,32)(H,31,33). The lowest BCUT2D eigenvalue weighted by molar-refractivity contribution is 0.771. The van der Waals surface area contributed by atoms with Crippen molar-refractivity contribution in [1.29, 1.82) is 0 Å². The van der Waals surface area contributed by atoms with Crippen LogP contribution in [0.25, 0.3) is 33.2 Å². The Balaban J connectivity index is 1.64. The summed E-state index contributed by atoms with van der Waals surface area (Å²) in [5, 5.41) is 0. The molecule has 0 saturated heterocycles. The van der Waals surface area contributed by atoms with Crippen molar-refractivity contribution in [1.82, 2.24) is 19.9 Å². The maximum Gasteiger partial charge on any atom is 0.104 e. The van der Waals surface area contributed by atoms with E-state index in [-0.39, 0.29) is 0 Å². The second-order valence-electron chi connectivity index (χ2n) is 8.95. The van der Waals surface area contributed by atoms with Crippen LogP contribution in [-0.4, -0.2) is 19.9 Å². The van der Waals surface area contributed by atoms with Gasteiger partial charge in [0.05, 0.1) is 27.5 Å². The number of H-pyrrole nitrogens is 2. The van der Waals surface area contributed by atoms with E-state index < -0.39 is 5.41 Å². The molecule has 158 valence electrons. The zero-order valence-electron chi connectivity index (χ0n) is 18.5. The highest BCUT2D eigenvalue weighted by Crippen LogP contribution is 2.56. The molecular weight excluding hydrogens is 404 g/mol. The van der Waals surface area contributed by atoms with E-state index in [0.717, 1.165) is 33.7 Å². The summed E-state index contributed by atoms with van der Waals surface area (Å²) in [6, 6.07) is 30.9. The van der Waals surface area contributed by atoms with Crippen molar-refractivity contribution >= 4 is 22.1 Å². The number of aromatic nitrogens is 4. The highest BCUT2D eigenvalue weighted by atomic mass is 14.9. The Morgan fingerprint density at radius 1 is 0.576 bits per heavy atom. The lowest BCUT2D eigenvalue weighted by Gasteiger charge is -2.33. The summed E-state index contributed by atoms with van der Waals surface area (Å²) in [6.45, 7) is 4.01. The molecule has 0 radical (unpaired) electrons. The largest absolute Gasteiger partial charge is 0.342 e. The van der Waals surface area contributed by atoms with Crippen LogP contribution in [0.2, 0.25) is 0 Å². The van der Waals surface area contributed by atoms with Gasteiger partial charge in [-0.2, -0.15) is 0 Å². The molecule has 0 bridgehead atoms. The summed E-state index contributed by atoms with van der Waals surface area (Å²) < 4.78 is 0. The molecule has 0 unspecified atom stereocenters. The first-order chi connectivity index (χ1) is 16.1. The highest BCUT2D eigenvalue weighted by molar-refractivity contribution is 5.89. The van der Waals surface area contributed by atoms with Crippen molar-refractivity contribution in [2.75, 3.05) is 0 Å². The van der Waals surface area contributed by atoms with E-state index in [1.165, 1.54) is 33.4 Å². The quantitative estimate of drug-likeness (QED) is 0.335. The third-order valence-electron chi connectivity index (χ3n) is 7.02. The van der Waals surface area contributed by atoms with Crippen LogP contribution < -0.4 is 0 Å². The predicted octanol–water partition coefficient (Wildman–Crippen LogP) is 6.42. The molecule has 1 aliphatic carbocycles. The van der Waals surface area contributed by atoms with Gasteiger partial charge in [-0.05, 0) is 71.5 Å². The number of aryl methyl sites for hydroxylation is 2. The van der Waals surface area contributed by atoms with E-state index in [4.69, 9.17) is 0 Å². The number of hydrogen-bond acceptors (Lipinski definition) is 2. The monoisotopic (exact) mass is 426 g/mol. The Kier molecular flexibility index (Phi) is 3.58. The average Bonchev–Trinajstić information content (AvgIpc) is 3.48. The zero-order chi connectivity index (χ0) is 22.2. The predicted molar refractivity (Wildman–Crippen MR) is 133 cm³/mol. The van der Waals surface area contributed by atoms with Crippen LogP contribution in [0.1, 0.15) is 33.9 Å². The number of imidazole rings is 2. The number of aromatic amines is 2. The van der Waals surface area contributed by atoms with Gasteiger partial charge < -0.3 is 9.97 Å². The van der Waals surface area contributed by atoms with Crippen molar-refractivity contribution in [3.05, 3.63) is 119 Å². The fourth-order valence-corrected chi connectivity index (χ4v) is 5.76. The lowest BCUT2D eigenvalue weighted by atomic mass is 9.67. The third-order valence-corrected chi connectivity index (χ3v) is 7.02. The molecule has 7 rings (SSSR count). The number of nitrogens with one attached hydrogen (secondary N) is 2. The Bertz CT molecular complexity index is 1570. The van der Waals surface area contributed by atoms with Crippen LogP contribution in [0.3, 0.4) is 0 Å². The topological polar surface area (TPSA) is 57.4 Å². The van der Waals surface area contributed by atoms with Gasteiger partial charge in [-0.15, -0.1) is 0 Å². The van der Waals surface area contributed by atoms with Crippen LogP contribution in [0.15, 0.2) is 84.9 Å². The van der Waals surface area contributed by atoms with E-state index in [1.807, 2.05) is 13.8 Å². The molecule has 0 saturated carbocycles. The lowest BCUT2D eigenvalue weighted by Crippen LogP contribution is -2.28. The summed E-state index contributed by atoms with van der Waals surface area (Å²) in [4.78, 5) is 16.2. The van der Waals surface area contributed by atoms with Crippen LogP contribution >= 0.6 is 0 Å². The van der Waals surface area contributed by atoms with Gasteiger partial charge in [0, 0.05) is 0 Å². The fraction of sp³-hybridized carbons (Fsp3) is 0.103. The third kappa shape index (κ3) is 2.40. The zero-order valence-corrected chi connectivity index (χ0v) is 18.5. The molecule has 2 heterocycles. The number of fused-ring (bicyclic) bond motifs is 5. The molecule has 4 aromatic carbocycles. The van der Waals surface area contributed by atoms with Crippen molar-refractivity contribution < 1.29 is 0 Å². The number of benzene rings is 4. The molecule has 2 aromatic heterocycles. The van der Waals surface area contributed by atoms with Gasteiger partial charge in [0.15, 0.2) is 0 Å². The Labute approximate surface area is 191 Å². The fourth-order valence-electron chi connectivity index (χ4n) is 5.76. The van der Waals surface area contributed by atoms with Crippen LogP contribution in [0.4, 0.5) is 0 Å². The Morgan fingerprint density at radius 2 is 1.03 bits per heavy atom. The van der Waals surface area contributed by atoms with E-state index >= 15 is 0 Å². The minimum absolute atomic E-state index is 0.437. The normalized spacial score (nSPS) is 14.0. The molecule has 2 N–H and O–H groups in total. The first kappa shape index (κ1) is 18.4. The van der Waals surface area contributed by atoms with Crippen LogP contribution in [0.5, 0.6) is 0 Å². The van der Waals surface area contributed by atoms with Gasteiger partial charge in [-0.25, -0.2) is 9.97 Å². The minimum Gasteiger partial charge on any atom is -0.342 e. The Morgan fingerprint density at radius 3 is 1.52 bits per heavy atom. The number of hydrogen-bond donors (Lipinski definition) is 2. The molecule has 6 aromatic rings. The Hall–Kier alpha value is -4.18. The van der Waals surface area contributed by atoms with Gasteiger partial charge in [-0.3, -0.25) is 0 Å². The summed E-state index contributed by atoms with van der Waals surface area (Å²) >= 11 is 0. The maximum atomic E-state index is 4.64. The molecule has 4 nitrogen and oxygen atoms in total. The molecule has 33 heavy (non-hydrogen) atoms. The maximum absolute atomic E-state index is 4.64. The van der Waals surface area contributed by atoms with Crippen LogP contribution in [0, 0.1) is 13.8 Å². The van der Waals surface area contributed by atoms with E-state index in [2.05, 4.69) is 105 Å². The molecule has 0 aliphatic heterocycles. The molecule has 0 fully saturated rings. The summed E-state index contributed by atoms with van der Waals surface area (Å²) in [5.74, 6) is 1.86. The SMILES string of the molecule is Cc1nc2ccc(C3(c4ccc5nc(C)[nH]c5c4)c4ccccc4-c4ccccc43)cc2[nH]1. The molecule has 0 spiro atoms. The second-order valence-corrected chi connectivity index (χ2v) is 8.95. The van der Waals surface area contributed by atoms with E-state index in [1.54, 1.807) is 0 Å². The summed E-state index contributed by atoms with van der Waals surface area (Å²) in [6.07, 6.45) is 0. The van der Waals surface area contributed by atoms with Gasteiger partial charge in [0.1, 0.15) is 11.6 Å². The van der Waals surface area contributed by atoms with Crippen LogP contribution in [-0.2, 0) is 5.41 Å². The van der Waals surface area contributed by atoms with Gasteiger partial charge in [-0.1, -0.05) is 60.7 Å². The van der Waals surface area contributed by atoms with Gasteiger partial charge >= 0.3 is 0 Å². The van der Waals surface area contributed by atoms with Crippen molar-refractivity contribution in [2.45, 2.75) is 19.3 Å². The molecule has 0 amide bonds. The summed E-state index contributed by atoms with van der Waals surface area (Å²) in [5.41, 5.74) is 11.3. The van der Waals surface area contributed by atoms with Crippen molar-refractivity contribution in [3.63, 3.8) is 0 Å². The molecular formula is C29H22N4. The minimum atomic E-state index is -0.437. The first-order valence-corrected chi connectivity index (χ1v) is 11.3. The highest BCUT2D eigenvalue weighted by Gasteiger charge is 2.46. The summed E-state index contributed by atoms with van der Waals surface area (Å²) in [7, 11) is 0.